The van der Waals surface area contributed by atoms with Gasteiger partial charge in [0.1, 0.15) is 23.9 Å². The maximum atomic E-state index is 13.5. The predicted octanol–water partition coefficient (Wildman–Crippen LogP) is 5.59. The van der Waals surface area contributed by atoms with Crippen molar-refractivity contribution in [3.05, 3.63) is 101 Å². The van der Waals surface area contributed by atoms with Gasteiger partial charge in [-0.3, -0.25) is 14.5 Å². The van der Waals surface area contributed by atoms with E-state index in [1.807, 2.05) is 54.6 Å². The Morgan fingerprint density at radius 1 is 0.860 bits per heavy atom. The second-order valence-electron chi connectivity index (χ2n) is 10.9. The van der Waals surface area contributed by atoms with E-state index in [9.17, 15) is 14.7 Å². The number of hydrogen-bond donors (Lipinski definition) is 1. The summed E-state index contributed by atoms with van der Waals surface area (Å²) in [5.74, 6) is -0.103. The minimum atomic E-state index is -0.714. The normalized spacial score (nSPS) is 18.6. The van der Waals surface area contributed by atoms with Crippen LogP contribution in [-0.2, 0) is 20.9 Å². The number of carbonyl (C=O) groups excluding carboxylic acids is 2. The third-order valence-corrected chi connectivity index (χ3v) is 7.86. The van der Waals surface area contributed by atoms with E-state index in [0.29, 0.717) is 56.5 Å². The summed E-state index contributed by atoms with van der Waals surface area (Å²) in [5, 5.41) is 11.4. The van der Waals surface area contributed by atoms with E-state index in [1.54, 1.807) is 29.2 Å². The minimum absolute atomic E-state index is 0.0916. The molecule has 2 fully saturated rings. The van der Waals surface area contributed by atoms with Gasteiger partial charge >= 0.3 is 0 Å². The largest absolute Gasteiger partial charge is 0.507 e. The Kier molecular flexibility index (Phi) is 10.5. The fourth-order valence-corrected chi connectivity index (χ4v) is 5.43. The van der Waals surface area contributed by atoms with Crippen molar-refractivity contribution in [3.63, 3.8) is 0 Å². The van der Waals surface area contributed by atoms with Gasteiger partial charge < -0.3 is 24.2 Å². The van der Waals surface area contributed by atoms with Gasteiger partial charge in [-0.1, -0.05) is 55.8 Å². The lowest BCUT2D eigenvalue weighted by atomic mass is 9.95. The summed E-state index contributed by atoms with van der Waals surface area (Å²) in [7, 11) is 0. The number of Topliss-reactive ketones (excluding diaryl/α,β-unsaturated/α-hetero) is 1. The summed E-state index contributed by atoms with van der Waals surface area (Å²) in [5.41, 5.74) is 2.34. The second-order valence-corrected chi connectivity index (χ2v) is 10.9. The quantitative estimate of drug-likeness (QED) is 0.121. The Bertz CT molecular complexity index is 1380. The van der Waals surface area contributed by atoms with Crippen molar-refractivity contribution in [1.82, 2.24) is 9.80 Å². The summed E-state index contributed by atoms with van der Waals surface area (Å²) in [6.45, 7) is 7.43. The molecule has 1 unspecified atom stereocenters. The summed E-state index contributed by atoms with van der Waals surface area (Å²) in [6.07, 6.45) is 2.68. The third-order valence-electron chi connectivity index (χ3n) is 7.86. The molecule has 0 aliphatic carbocycles. The molecule has 0 aromatic heterocycles. The smallest absolute Gasteiger partial charge is 0.295 e. The van der Waals surface area contributed by atoms with Crippen LogP contribution in [0.5, 0.6) is 11.5 Å². The van der Waals surface area contributed by atoms with Gasteiger partial charge in [0.25, 0.3) is 11.7 Å². The number of morpholine rings is 1. The molecule has 0 radical (unpaired) electrons. The maximum Gasteiger partial charge on any atom is 0.295 e. The molecule has 2 heterocycles. The molecule has 0 spiro atoms. The zero-order chi connectivity index (χ0) is 30.0. The Balaban J connectivity index is 1.39. The highest BCUT2D eigenvalue weighted by molar-refractivity contribution is 6.46. The number of nitrogens with zero attached hydrogens (tertiary/aromatic N) is 2. The van der Waals surface area contributed by atoms with E-state index >= 15 is 0 Å². The molecule has 3 aromatic carbocycles. The van der Waals surface area contributed by atoms with Gasteiger partial charge in [-0.25, -0.2) is 0 Å². The fourth-order valence-electron chi connectivity index (χ4n) is 5.43. The van der Waals surface area contributed by atoms with Crippen LogP contribution >= 0.6 is 0 Å². The third kappa shape index (κ3) is 7.63. The summed E-state index contributed by atoms with van der Waals surface area (Å²) >= 11 is 0. The number of benzene rings is 3. The Morgan fingerprint density at radius 3 is 2.23 bits per heavy atom. The molecule has 0 saturated carbocycles. The SMILES string of the molecule is CCCCOc1ccc(/C(O)=C2\C(=O)C(=O)N(CCCN3CCOCC3)C2c2ccc(OCc3ccccc3)cc2)cc1. The highest BCUT2D eigenvalue weighted by atomic mass is 16.5. The lowest BCUT2D eigenvalue weighted by Crippen LogP contribution is -2.38. The van der Waals surface area contributed by atoms with Crippen LogP contribution in [0.25, 0.3) is 5.76 Å². The van der Waals surface area contributed by atoms with Gasteiger partial charge in [0, 0.05) is 31.7 Å². The number of aliphatic hydroxyl groups is 1. The van der Waals surface area contributed by atoms with Gasteiger partial charge in [-0.05, 0) is 60.4 Å². The van der Waals surface area contributed by atoms with E-state index in [2.05, 4.69) is 11.8 Å². The molecule has 8 nitrogen and oxygen atoms in total. The molecule has 226 valence electrons. The van der Waals surface area contributed by atoms with E-state index in [1.165, 1.54) is 0 Å². The van der Waals surface area contributed by atoms with Crippen molar-refractivity contribution in [2.24, 2.45) is 0 Å². The topological polar surface area (TPSA) is 88.5 Å². The zero-order valence-electron chi connectivity index (χ0n) is 24.7. The van der Waals surface area contributed by atoms with Crippen LogP contribution in [0, 0.1) is 0 Å². The van der Waals surface area contributed by atoms with Gasteiger partial charge in [0.2, 0.25) is 0 Å². The van der Waals surface area contributed by atoms with Crippen LogP contribution < -0.4 is 9.47 Å². The van der Waals surface area contributed by atoms with E-state index in [4.69, 9.17) is 14.2 Å². The lowest BCUT2D eigenvalue weighted by Gasteiger charge is -2.29. The van der Waals surface area contributed by atoms with Crippen LogP contribution in [0.1, 0.15) is 48.9 Å². The van der Waals surface area contributed by atoms with Crippen molar-refractivity contribution >= 4 is 17.4 Å². The van der Waals surface area contributed by atoms with E-state index in [-0.39, 0.29) is 11.3 Å². The van der Waals surface area contributed by atoms with Crippen molar-refractivity contribution in [2.45, 2.75) is 38.8 Å². The van der Waals surface area contributed by atoms with Crippen molar-refractivity contribution in [3.8, 4) is 11.5 Å². The molecular weight excluding hydrogens is 544 g/mol. The number of likely N-dealkylation sites (tertiary alicyclic amines) is 1. The first-order chi connectivity index (χ1) is 21.0. The maximum absolute atomic E-state index is 13.5. The first-order valence-corrected chi connectivity index (χ1v) is 15.1. The Hall–Kier alpha value is -4.14. The van der Waals surface area contributed by atoms with Crippen LogP contribution in [0.3, 0.4) is 0 Å². The first-order valence-electron chi connectivity index (χ1n) is 15.1. The van der Waals surface area contributed by atoms with Crippen molar-refractivity contribution < 1.29 is 28.9 Å². The number of ketones is 1. The molecule has 2 aliphatic heterocycles. The monoisotopic (exact) mass is 584 g/mol. The highest BCUT2D eigenvalue weighted by Crippen LogP contribution is 2.40. The summed E-state index contributed by atoms with van der Waals surface area (Å²) < 4.78 is 17.2. The molecule has 5 rings (SSSR count). The standard InChI is InChI=1S/C35H40N2O6/c1-2-3-22-42-29-16-12-28(13-17-29)33(38)31-32(27-10-14-30(15-11-27)43-25-26-8-5-4-6-9-26)37(35(40)34(31)39)19-7-18-36-20-23-41-24-21-36/h4-6,8-17,32,38H,2-3,7,18-25H2,1H3/b33-31+. The fraction of sp³-hybridized carbons (Fsp3) is 0.371. The second kappa shape index (κ2) is 14.8. The van der Waals surface area contributed by atoms with Gasteiger partial charge in [-0.15, -0.1) is 0 Å². The molecule has 1 amide bonds. The minimum Gasteiger partial charge on any atom is -0.507 e. The van der Waals surface area contributed by atoms with Crippen LogP contribution in [-0.4, -0.2) is 72.6 Å². The Morgan fingerprint density at radius 2 is 1.53 bits per heavy atom. The zero-order valence-corrected chi connectivity index (χ0v) is 24.7. The van der Waals surface area contributed by atoms with Crippen molar-refractivity contribution in [2.75, 3.05) is 46.0 Å². The van der Waals surface area contributed by atoms with Crippen LogP contribution in [0.15, 0.2) is 84.4 Å². The molecule has 2 saturated heterocycles. The van der Waals surface area contributed by atoms with Gasteiger partial charge in [-0.2, -0.15) is 0 Å². The molecule has 3 aromatic rings. The number of amides is 1. The van der Waals surface area contributed by atoms with Gasteiger partial charge in [0.05, 0.1) is 31.4 Å². The van der Waals surface area contributed by atoms with Gasteiger partial charge in [0.15, 0.2) is 0 Å². The van der Waals surface area contributed by atoms with Crippen molar-refractivity contribution in [1.29, 1.82) is 0 Å². The summed E-state index contributed by atoms with van der Waals surface area (Å²) in [4.78, 5) is 30.8. The number of hydrogen-bond acceptors (Lipinski definition) is 7. The highest BCUT2D eigenvalue weighted by Gasteiger charge is 2.45. The number of ether oxygens (including phenoxy) is 3. The predicted molar refractivity (Wildman–Crippen MR) is 165 cm³/mol. The van der Waals surface area contributed by atoms with E-state index in [0.717, 1.165) is 43.6 Å². The molecule has 1 atom stereocenters. The molecule has 8 heteroatoms. The Labute approximate surface area is 253 Å². The first kappa shape index (κ1) is 30.3. The van der Waals surface area contributed by atoms with Crippen LogP contribution in [0.4, 0.5) is 0 Å². The number of aliphatic hydroxyl groups excluding tert-OH is 1. The average molecular weight is 585 g/mol. The van der Waals surface area contributed by atoms with Crippen LogP contribution in [0.2, 0.25) is 0 Å². The molecule has 1 N–H and O–H groups in total. The molecular formula is C35H40N2O6. The number of rotatable bonds is 13. The molecule has 43 heavy (non-hydrogen) atoms. The van der Waals surface area contributed by atoms with E-state index < -0.39 is 17.7 Å². The molecule has 2 aliphatic rings. The number of carbonyl (C=O) groups is 2. The average Bonchev–Trinajstić information content (AvgIpc) is 3.30. The summed E-state index contributed by atoms with van der Waals surface area (Å²) in [6, 6.07) is 23.6. The number of unbranched alkanes of at least 4 members (excludes halogenated alkanes) is 1. The lowest BCUT2D eigenvalue weighted by molar-refractivity contribution is -0.140. The molecule has 0 bridgehead atoms.